The van der Waals surface area contributed by atoms with Gasteiger partial charge in [0.2, 0.25) is 5.91 Å². The molecule has 0 bridgehead atoms. The number of aryl methyl sites for hydroxylation is 1. The van der Waals surface area contributed by atoms with Crippen LogP contribution in [0.25, 0.3) is 0 Å². The molecule has 0 aliphatic carbocycles. The van der Waals surface area contributed by atoms with Crippen molar-refractivity contribution in [2.45, 2.75) is 45.1 Å². The van der Waals surface area contributed by atoms with E-state index >= 15 is 0 Å². The van der Waals surface area contributed by atoms with Crippen molar-refractivity contribution in [2.75, 3.05) is 5.75 Å². The number of amides is 1. The minimum atomic E-state index is -0.582. The van der Waals surface area contributed by atoms with E-state index in [4.69, 9.17) is 0 Å². The second-order valence-corrected chi connectivity index (χ2v) is 6.41. The van der Waals surface area contributed by atoms with Gasteiger partial charge in [0.25, 0.3) is 0 Å². The molecule has 0 aromatic heterocycles. The van der Waals surface area contributed by atoms with Crippen molar-refractivity contribution in [3.8, 4) is 0 Å². The minimum Gasteiger partial charge on any atom is -0.391 e. The first-order valence-electron chi connectivity index (χ1n) is 6.43. The lowest BCUT2D eigenvalue weighted by atomic mass is 9.99. The molecule has 0 heterocycles. The van der Waals surface area contributed by atoms with Crippen LogP contribution >= 0.6 is 11.8 Å². The molecule has 0 aliphatic heterocycles. The van der Waals surface area contributed by atoms with Crippen molar-refractivity contribution in [2.24, 2.45) is 0 Å². The normalized spacial score (nSPS) is 13.1. The van der Waals surface area contributed by atoms with Crippen molar-refractivity contribution >= 4 is 17.7 Å². The molecule has 0 radical (unpaired) electrons. The number of aliphatic hydroxyl groups is 1. The van der Waals surface area contributed by atoms with Gasteiger partial charge in [-0.2, -0.15) is 0 Å². The second-order valence-electron chi connectivity index (χ2n) is 5.43. The van der Waals surface area contributed by atoms with Gasteiger partial charge in [-0.3, -0.25) is 4.79 Å². The van der Waals surface area contributed by atoms with Crippen LogP contribution in [0.5, 0.6) is 0 Å². The Labute approximate surface area is 119 Å². The van der Waals surface area contributed by atoms with E-state index in [1.165, 1.54) is 11.1 Å². The maximum Gasteiger partial charge on any atom is 0.230 e. The Balaban J connectivity index is 2.35. The van der Waals surface area contributed by atoms with Gasteiger partial charge >= 0.3 is 0 Å². The number of aliphatic hydroxyl groups excluding tert-OH is 1. The van der Waals surface area contributed by atoms with Crippen LogP contribution in [0.1, 0.15) is 31.9 Å². The van der Waals surface area contributed by atoms with Crippen molar-refractivity contribution in [3.63, 3.8) is 0 Å². The number of hydrogen-bond donors (Lipinski definition) is 2. The third-order valence-electron chi connectivity index (χ3n) is 3.09. The van der Waals surface area contributed by atoms with Gasteiger partial charge in [-0.15, -0.1) is 11.8 Å². The first-order chi connectivity index (χ1) is 8.81. The SMILES string of the molecule is Cc1cccc(CSCC(=O)NC(C)(C)C(C)O)c1. The molecule has 3 nitrogen and oxygen atoms in total. The standard InChI is InChI=1S/C15H23NO2S/c1-11-6-5-7-13(8-11)9-19-10-14(18)16-15(3,4)12(2)17/h5-8,12,17H,9-10H2,1-4H3,(H,16,18). The molecule has 19 heavy (non-hydrogen) atoms. The van der Waals surface area contributed by atoms with Gasteiger partial charge < -0.3 is 10.4 Å². The number of nitrogens with one attached hydrogen (secondary N) is 1. The average Bonchev–Trinajstić information content (AvgIpc) is 2.28. The highest BCUT2D eigenvalue weighted by molar-refractivity contribution is 7.99. The zero-order chi connectivity index (χ0) is 14.5. The summed E-state index contributed by atoms with van der Waals surface area (Å²) < 4.78 is 0. The van der Waals surface area contributed by atoms with E-state index < -0.39 is 11.6 Å². The van der Waals surface area contributed by atoms with Gasteiger partial charge in [-0.05, 0) is 33.3 Å². The van der Waals surface area contributed by atoms with E-state index in [-0.39, 0.29) is 5.91 Å². The first-order valence-corrected chi connectivity index (χ1v) is 7.59. The smallest absolute Gasteiger partial charge is 0.230 e. The Morgan fingerprint density at radius 3 is 2.74 bits per heavy atom. The molecule has 1 aromatic carbocycles. The van der Waals surface area contributed by atoms with Gasteiger partial charge in [-0.1, -0.05) is 29.8 Å². The summed E-state index contributed by atoms with van der Waals surface area (Å²) in [5.41, 5.74) is 1.88. The van der Waals surface area contributed by atoms with E-state index in [1.807, 2.05) is 19.9 Å². The molecule has 1 unspecified atom stereocenters. The molecule has 1 rings (SSSR count). The summed E-state index contributed by atoms with van der Waals surface area (Å²) in [4.78, 5) is 11.8. The van der Waals surface area contributed by atoms with E-state index in [9.17, 15) is 9.90 Å². The lowest BCUT2D eigenvalue weighted by Crippen LogP contribution is -2.51. The summed E-state index contributed by atoms with van der Waals surface area (Å²) in [6.07, 6.45) is -0.571. The van der Waals surface area contributed by atoms with Gasteiger partial charge in [0, 0.05) is 5.75 Å². The molecule has 0 saturated carbocycles. The highest BCUT2D eigenvalue weighted by atomic mass is 32.2. The quantitative estimate of drug-likeness (QED) is 0.842. The summed E-state index contributed by atoms with van der Waals surface area (Å²) >= 11 is 1.58. The average molecular weight is 281 g/mol. The van der Waals surface area contributed by atoms with Crippen LogP contribution in [0.15, 0.2) is 24.3 Å². The van der Waals surface area contributed by atoms with E-state index in [1.54, 1.807) is 18.7 Å². The maximum absolute atomic E-state index is 11.8. The third-order valence-corrected chi connectivity index (χ3v) is 4.09. The van der Waals surface area contributed by atoms with E-state index in [2.05, 4.69) is 30.4 Å². The molecule has 0 aliphatic rings. The zero-order valence-corrected chi connectivity index (χ0v) is 12.9. The molecule has 0 saturated heterocycles. The molecule has 1 amide bonds. The Bertz CT molecular complexity index is 430. The van der Waals surface area contributed by atoms with Gasteiger partial charge in [0.15, 0.2) is 0 Å². The van der Waals surface area contributed by atoms with E-state index in [0.29, 0.717) is 5.75 Å². The molecule has 4 heteroatoms. The molecular formula is C15H23NO2S. The van der Waals surface area contributed by atoms with Gasteiger partial charge in [-0.25, -0.2) is 0 Å². The van der Waals surface area contributed by atoms with E-state index in [0.717, 1.165) is 5.75 Å². The van der Waals surface area contributed by atoms with Crippen LogP contribution in [0.2, 0.25) is 0 Å². The largest absolute Gasteiger partial charge is 0.391 e. The Hall–Kier alpha value is -1.00. The van der Waals surface area contributed by atoms with Gasteiger partial charge in [0.05, 0.1) is 17.4 Å². The number of carbonyl (C=O) groups is 1. The zero-order valence-electron chi connectivity index (χ0n) is 12.1. The molecule has 0 fully saturated rings. The molecule has 1 atom stereocenters. The fourth-order valence-corrected chi connectivity index (χ4v) is 2.34. The Morgan fingerprint density at radius 2 is 2.16 bits per heavy atom. The molecule has 1 aromatic rings. The minimum absolute atomic E-state index is 0.0384. The second kappa shape index (κ2) is 6.96. The number of thioether (sulfide) groups is 1. The first kappa shape index (κ1) is 16.1. The van der Waals surface area contributed by atoms with Crippen molar-refractivity contribution in [1.29, 1.82) is 0 Å². The van der Waals surface area contributed by atoms with Crippen LogP contribution in [0.4, 0.5) is 0 Å². The number of benzene rings is 1. The topological polar surface area (TPSA) is 49.3 Å². The number of hydrogen-bond acceptors (Lipinski definition) is 3. The summed E-state index contributed by atoms with van der Waals surface area (Å²) in [7, 11) is 0. The van der Waals surface area contributed by atoms with Crippen LogP contribution in [-0.2, 0) is 10.5 Å². The van der Waals surface area contributed by atoms with Crippen molar-refractivity contribution < 1.29 is 9.90 Å². The predicted octanol–water partition coefficient (Wildman–Crippen LogP) is 2.50. The highest BCUT2D eigenvalue weighted by Crippen LogP contribution is 2.14. The number of rotatable bonds is 6. The van der Waals surface area contributed by atoms with Crippen LogP contribution in [0.3, 0.4) is 0 Å². The Kier molecular flexibility index (Phi) is 5.88. The highest BCUT2D eigenvalue weighted by Gasteiger charge is 2.25. The lowest BCUT2D eigenvalue weighted by molar-refractivity contribution is -0.121. The van der Waals surface area contributed by atoms with Gasteiger partial charge in [0.1, 0.15) is 0 Å². The maximum atomic E-state index is 11.8. The van der Waals surface area contributed by atoms with Crippen LogP contribution < -0.4 is 5.32 Å². The molecule has 0 spiro atoms. The predicted molar refractivity (Wildman–Crippen MR) is 81.2 cm³/mol. The summed E-state index contributed by atoms with van der Waals surface area (Å²) in [5.74, 6) is 1.19. The summed E-state index contributed by atoms with van der Waals surface area (Å²) in [6.45, 7) is 7.38. The number of carbonyl (C=O) groups excluding carboxylic acids is 1. The lowest BCUT2D eigenvalue weighted by Gasteiger charge is -2.29. The fraction of sp³-hybridized carbons (Fsp3) is 0.533. The summed E-state index contributed by atoms with van der Waals surface area (Å²) in [5, 5.41) is 12.4. The van der Waals surface area contributed by atoms with Crippen LogP contribution in [0, 0.1) is 6.92 Å². The third kappa shape index (κ3) is 5.66. The molecular weight excluding hydrogens is 258 g/mol. The molecule has 106 valence electrons. The van der Waals surface area contributed by atoms with Crippen molar-refractivity contribution in [3.05, 3.63) is 35.4 Å². The monoisotopic (exact) mass is 281 g/mol. The summed E-state index contributed by atoms with van der Waals surface area (Å²) in [6, 6.07) is 8.29. The molecule has 2 N–H and O–H groups in total. The van der Waals surface area contributed by atoms with Crippen LogP contribution in [-0.4, -0.2) is 28.4 Å². The Morgan fingerprint density at radius 1 is 1.47 bits per heavy atom. The van der Waals surface area contributed by atoms with Crippen molar-refractivity contribution in [1.82, 2.24) is 5.32 Å². The fourth-order valence-electron chi connectivity index (χ4n) is 1.56.